The van der Waals surface area contributed by atoms with Crippen LogP contribution in [0.4, 0.5) is 11.4 Å². The Balaban J connectivity index is 1.55. The van der Waals surface area contributed by atoms with Gasteiger partial charge in [-0.05, 0) is 54.6 Å². The maximum Gasteiger partial charge on any atom is 0.295 e. The van der Waals surface area contributed by atoms with Crippen LogP contribution >= 0.6 is 15.9 Å². The van der Waals surface area contributed by atoms with Gasteiger partial charge in [0.15, 0.2) is 5.69 Å². The zero-order valence-corrected chi connectivity index (χ0v) is 19.1. The van der Waals surface area contributed by atoms with Gasteiger partial charge in [-0.2, -0.15) is 0 Å². The Kier molecular flexibility index (Phi) is 5.81. The maximum absolute atomic E-state index is 12.7. The second kappa shape index (κ2) is 8.56. The molecule has 0 bridgehead atoms. The van der Waals surface area contributed by atoms with Crippen molar-refractivity contribution in [1.82, 2.24) is 4.98 Å². The van der Waals surface area contributed by atoms with Gasteiger partial charge in [0.05, 0.1) is 16.1 Å². The lowest BCUT2D eigenvalue weighted by atomic mass is 10.2. The molecule has 0 radical (unpaired) electrons. The summed E-state index contributed by atoms with van der Waals surface area (Å²) >= 11 is 3.36. The molecular weight excluding hydrogens is 496 g/mol. The van der Waals surface area contributed by atoms with Gasteiger partial charge in [0.2, 0.25) is 5.88 Å². The number of anilines is 1. The monoisotopic (exact) mass is 512 g/mol. The van der Waals surface area contributed by atoms with Crippen molar-refractivity contribution in [1.29, 1.82) is 0 Å². The van der Waals surface area contributed by atoms with Crippen LogP contribution in [0, 0.1) is 0 Å². The molecule has 3 aromatic carbocycles. The highest BCUT2D eigenvalue weighted by atomic mass is 79.9. The molecule has 0 atom stereocenters. The fourth-order valence-corrected chi connectivity index (χ4v) is 4.67. The van der Waals surface area contributed by atoms with Gasteiger partial charge in [-0.1, -0.05) is 34.1 Å². The first-order valence-corrected chi connectivity index (χ1v) is 11.6. The number of halogens is 1. The van der Waals surface area contributed by atoms with Gasteiger partial charge >= 0.3 is 0 Å². The highest BCUT2D eigenvalue weighted by Crippen LogP contribution is 2.37. The minimum atomic E-state index is -3.72. The van der Waals surface area contributed by atoms with Crippen molar-refractivity contribution in [2.24, 2.45) is 10.2 Å². The molecule has 1 heterocycles. The quantitative estimate of drug-likeness (QED) is 0.349. The van der Waals surface area contributed by atoms with E-state index in [2.05, 4.69) is 31.1 Å². The molecule has 0 aliphatic rings. The van der Waals surface area contributed by atoms with Gasteiger partial charge in [0.25, 0.3) is 15.9 Å². The van der Waals surface area contributed by atoms with Crippen LogP contribution < -0.4 is 4.31 Å². The Labute approximate surface area is 192 Å². The van der Waals surface area contributed by atoms with Crippen LogP contribution in [-0.2, 0) is 10.0 Å². The minimum Gasteiger partial charge on any atom is -0.493 e. The number of aromatic hydroxyl groups is 1. The van der Waals surface area contributed by atoms with Crippen LogP contribution in [-0.4, -0.2) is 31.5 Å². The fraction of sp³-hybridized carbons (Fsp3) is 0.0455. The summed E-state index contributed by atoms with van der Waals surface area (Å²) in [6.45, 7) is 0. The molecule has 0 saturated heterocycles. The molecule has 32 heavy (non-hydrogen) atoms. The smallest absolute Gasteiger partial charge is 0.295 e. The van der Waals surface area contributed by atoms with E-state index in [4.69, 9.17) is 0 Å². The Bertz CT molecular complexity index is 1430. The largest absolute Gasteiger partial charge is 0.493 e. The lowest BCUT2D eigenvalue weighted by Gasteiger charge is -2.19. The number of aromatic amines is 1. The SMILES string of the molecule is CN(c1ccc(C(=O)N=Nc2c(O)[nH]c3ccc(Br)cc23)cc1)S(=O)(=O)c1ccccc1. The first kappa shape index (κ1) is 21.7. The standard InChI is InChI=1S/C22H17BrN4O4S/c1-27(32(30,31)17-5-3-2-4-6-17)16-10-7-14(8-11-16)21(28)26-25-20-18-13-15(23)9-12-19(18)24-22(20)29/h2-13,24,29H,1H3. The summed E-state index contributed by atoms with van der Waals surface area (Å²) in [5, 5.41) is 18.3. The molecule has 0 aliphatic carbocycles. The molecule has 4 rings (SSSR count). The van der Waals surface area contributed by atoms with Crippen LogP contribution in [0.25, 0.3) is 10.9 Å². The van der Waals surface area contributed by atoms with Gasteiger partial charge < -0.3 is 10.1 Å². The molecule has 0 unspecified atom stereocenters. The Morgan fingerprint density at radius 2 is 1.72 bits per heavy atom. The molecule has 0 fully saturated rings. The van der Waals surface area contributed by atoms with Gasteiger partial charge in [0.1, 0.15) is 0 Å². The van der Waals surface area contributed by atoms with E-state index < -0.39 is 15.9 Å². The fourth-order valence-electron chi connectivity index (χ4n) is 3.09. The van der Waals surface area contributed by atoms with Crippen LogP contribution in [0.2, 0.25) is 0 Å². The average Bonchev–Trinajstić information content (AvgIpc) is 3.11. The van der Waals surface area contributed by atoms with E-state index in [-0.39, 0.29) is 22.0 Å². The number of hydrogen-bond acceptors (Lipinski definition) is 5. The highest BCUT2D eigenvalue weighted by molar-refractivity contribution is 9.10. The van der Waals surface area contributed by atoms with E-state index in [0.717, 1.165) is 8.78 Å². The molecule has 4 aromatic rings. The molecule has 10 heteroatoms. The summed E-state index contributed by atoms with van der Waals surface area (Å²) in [6, 6.07) is 19.4. The van der Waals surface area contributed by atoms with Gasteiger partial charge in [0, 0.05) is 22.5 Å². The number of nitrogens with one attached hydrogen (secondary N) is 1. The number of azo groups is 1. The summed E-state index contributed by atoms with van der Waals surface area (Å²) in [6.07, 6.45) is 0. The number of aromatic nitrogens is 1. The number of benzene rings is 3. The number of sulfonamides is 1. The number of amides is 1. The first-order chi connectivity index (χ1) is 15.3. The van der Waals surface area contributed by atoms with E-state index in [1.807, 2.05) is 0 Å². The summed E-state index contributed by atoms with van der Waals surface area (Å²) in [7, 11) is -2.28. The van der Waals surface area contributed by atoms with E-state index >= 15 is 0 Å². The molecule has 0 aliphatic heterocycles. The lowest BCUT2D eigenvalue weighted by molar-refractivity contribution is 0.0995. The minimum absolute atomic E-state index is 0.153. The number of rotatable bonds is 5. The zero-order valence-electron chi connectivity index (χ0n) is 16.7. The van der Waals surface area contributed by atoms with Crippen molar-refractivity contribution in [2.45, 2.75) is 4.90 Å². The summed E-state index contributed by atoms with van der Waals surface area (Å²) in [4.78, 5) is 15.4. The third-order valence-electron chi connectivity index (χ3n) is 4.83. The summed E-state index contributed by atoms with van der Waals surface area (Å²) < 4.78 is 27.4. The van der Waals surface area contributed by atoms with Crippen LogP contribution in [0.3, 0.4) is 0 Å². The number of nitrogens with zero attached hydrogens (tertiary/aromatic N) is 3. The maximum atomic E-state index is 12.7. The second-order valence-electron chi connectivity index (χ2n) is 6.85. The van der Waals surface area contributed by atoms with E-state index in [9.17, 15) is 18.3 Å². The van der Waals surface area contributed by atoms with Gasteiger partial charge in [-0.3, -0.25) is 9.10 Å². The van der Waals surface area contributed by atoms with Gasteiger partial charge in [-0.15, -0.1) is 10.2 Å². The molecule has 162 valence electrons. The predicted octanol–water partition coefficient (Wildman–Crippen LogP) is 5.39. The number of carbonyl (C=O) groups excluding carboxylic acids is 1. The molecule has 1 amide bonds. The van der Waals surface area contributed by atoms with Crippen LogP contribution in [0.15, 0.2) is 92.4 Å². The van der Waals surface area contributed by atoms with Crippen LogP contribution in [0.5, 0.6) is 5.88 Å². The van der Waals surface area contributed by atoms with Crippen molar-refractivity contribution < 1.29 is 18.3 Å². The van der Waals surface area contributed by atoms with Crippen molar-refractivity contribution >= 4 is 54.1 Å². The molecule has 8 nitrogen and oxygen atoms in total. The van der Waals surface area contributed by atoms with Crippen molar-refractivity contribution in [2.75, 3.05) is 11.4 Å². The average molecular weight is 513 g/mol. The third kappa shape index (κ3) is 4.14. The summed E-state index contributed by atoms with van der Waals surface area (Å²) in [5.74, 6) is -0.827. The first-order valence-electron chi connectivity index (χ1n) is 9.37. The number of carbonyl (C=O) groups is 1. The zero-order chi connectivity index (χ0) is 22.9. The van der Waals surface area contributed by atoms with Crippen molar-refractivity contribution in [3.05, 3.63) is 82.8 Å². The Hall–Kier alpha value is -3.50. The molecular formula is C22H17BrN4O4S. The number of H-pyrrole nitrogens is 1. The second-order valence-corrected chi connectivity index (χ2v) is 9.73. The normalized spacial score (nSPS) is 11.8. The Morgan fingerprint density at radius 3 is 2.41 bits per heavy atom. The molecule has 0 saturated carbocycles. The highest BCUT2D eigenvalue weighted by Gasteiger charge is 2.21. The molecule has 1 aromatic heterocycles. The Morgan fingerprint density at radius 1 is 1.03 bits per heavy atom. The van der Waals surface area contributed by atoms with Crippen LogP contribution in [0.1, 0.15) is 10.4 Å². The van der Waals surface area contributed by atoms with Crippen molar-refractivity contribution in [3.63, 3.8) is 0 Å². The molecule has 2 N–H and O–H groups in total. The number of hydrogen-bond donors (Lipinski definition) is 2. The van der Waals surface area contributed by atoms with E-state index in [0.29, 0.717) is 16.6 Å². The van der Waals surface area contributed by atoms with Crippen molar-refractivity contribution in [3.8, 4) is 5.88 Å². The summed E-state index contributed by atoms with van der Waals surface area (Å²) in [5.41, 5.74) is 1.42. The van der Waals surface area contributed by atoms with E-state index in [1.165, 1.54) is 43.4 Å². The topological polar surface area (TPSA) is 115 Å². The lowest BCUT2D eigenvalue weighted by Crippen LogP contribution is -2.26. The molecule has 0 spiro atoms. The van der Waals surface area contributed by atoms with Gasteiger partial charge in [-0.25, -0.2) is 8.42 Å². The number of fused-ring (bicyclic) bond motifs is 1. The predicted molar refractivity (Wildman–Crippen MR) is 125 cm³/mol. The third-order valence-corrected chi connectivity index (χ3v) is 7.13. The van der Waals surface area contributed by atoms with E-state index in [1.54, 1.807) is 36.4 Å².